The highest BCUT2D eigenvalue weighted by Gasteiger charge is 2.51. The Morgan fingerprint density at radius 1 is 0.413 bits per heavy atom. The molecule has 4 aliphatic carbocycles. The van der Waals surface area contributed by atoms with Gasteiger partial charge in [-0.25, -0.2) is 0 Å². The topological polar surface area (TPSA) is 138 Å². The zero-order chi connectivity index (χ0) is 33.5. The number of rotatable bonds is 27. The number of carboxylic acid groups (broad SMARTS) is 3. The van der Waals surface area contributed by atoms with Crippen LogP contribution in [0.4, 0.5) is 0 Å². The van der Waals surface area contributed by atoms with Gasteiger partial charge in [0.1, 0.15) is 0 Å². The van der Waals surface area contributed by atoms with Gasteiger partial charge in [-0.2, -0.15) is 0 Å². The van der Waals surface area contributed by atoms with Gasteiger partial charge in [-0.15, -0.1) is 0 Å². The van der Waals surface area contributed by atoms with Crippen molar-refractivity contribution in [1.29, 1.82) is 0 Å². The number of carboxylic acids is 3. The van der Waals surface area contributed by atoms with Crippen molar-refractivity contribution < 1.29 is 39.2 Å². The van der Waals surface area contributed by atoms with Crippen LogP contribution in [0.3, 0.4) is 0 Å². The summed E-state index contributed by atoms with van der Waals surface area (Å²) in [6.45, 7) is 2.37. The van der Waals surface area contributed by atoms with E-state index in [1.54, 1.807) is 0 Å². The van der Waals surface area contributed by atoms with E-state index in [2.05, 4.69) is 0 Å². The summed E-state index contributed by atoms with van der Waals surface area (Å²) < 4.78 is 5.17. The van der Waals surface area contributed by atoms with E-state index in [4.69, 9.17) is 20.1 Å². The van der Waals surface area contributed by atoms with Gasteiger partial charge in [0.2, 0.25) is 0 Å². The van der Waals surface area contributed by atoms with Gasteiger partial charge in [-0.1, -0.05) is 103 Å². The number of hydrogen-bond donors (Lipinski definition) is 3. The van der Waals surface area contributed by atoms with Crippen molar-refractivity contribution in [1.82, 2.24) is 0 Å². The molecule has 0 spiro atoms. The quantitative estimate of drug-likeness (QED) is 0.0591. The predicted octanol–water partition coefficient (Wildman–Crippen LogP) is 9.71. The van der Waals surface area contributed by atoms with Gasteiger partial charge in [0.15, 0.2) is 0 Å². The van der Waals surface area contributed by atoms with Crippen LogP contribution in [0.2, 0.25) is 0 Å². The molecule has 0 atom stereocenters. The fourth-order valence-corrected chi connectivity index (χ4v) is 7.13. The molecule has 4 saturated carbocycles. The largest absolute Gasteiger partial charge is 0.481 e. The summed E-state index contributed by atoms with van der Waals surface area (Å²) in [4.78, 5) is 45.0. The minimum atomic E-state index is -0.595. The molecule has 0 amide bonds. The van der Waals surface area contributed by atoms with Gasteiger partial charge in [-0.3, -0.25) is 19.2 Å². The van der Waals surface area contributed by atoms with Gasteiger partial charge in [-0.05, 0) is 84.0 Å². The molecule has 0 saturated heterocycles. The Balaban J connectivity index is 0.000000251. The number of carbonyl (C=O) groups is 4. The van der Waals surface area contributed by atoms with E-state index in [1.807, 2.05) is 6.92 Å². The fourth-order valence-electron chi connectivity index (χ4n) is 7.13. The van der Waals surface area contributed by atoms with Crippen LogP contribution in [0.25, 0.3) is 0 Å². The second-order valence-electron chi connectivity index (χ2n) is 15.4. The molecule has 4 aliphatic rings. The molecule has 46 heavy (non-hydrogen) atoms. The molecule has 8 heteroatoms. The van der Waals surface area contributed by atoms with E-state index in [1.165, 1.54) is 64.2 Å². The Morgan fingerprint density at radius 2 is 0.630 bits per heavy atom. The third kappa shape index (κ3) is 12.5. The lowest BCUT2D eigenvalue weighted by Gasteiger charge is -2.13. The van der Waals surface area contributed by atoms with Gasteiger partial charge in [0.05, 0.1) is 28.3 Å². The molecule has 0 aliphatic heterocycles. The molecular formula is C38H64O8. The van der Waals surface area contributed by atoms with Crippen LogP contribution in [0, 0.1) is 21.7 Å². The lowest BCUT2D eigenvalue weighted by atomic mass is 9.96. The average molecular weight is 649 g/mol. The Morgan fingerprint density at radius 3 is 0.826 bits per heavy atom. The molecule has 0 bridgehead atoms. The Bertz CT molecular complexity index is 933. The molecule has 4 fully saturated rings. The maximum Gasteiger partial charge on any atom is 0.312 e. The lowest BCUT2D eigenvalue weighted by Crippen LogP contribution is -2.18. The fraction of sp³-hybridized carbons (Fsp3) is 0.895. The molecule has 8 nitrogen and oxygen atoms in total. The number of unbranched alkanes of at least 4 members (excludes halogenated alkanes) is 14. The number of ether oxygens (including phenoxy) is 1. The molecular weight excluding hydrogens is 584 g/mol. The summed E-state index contributed by atoms with van der Waals surface area (Å²) in [5.41, 5.74) is -1.14. The maximum absolute atomic E-state index is 11.9. The van der Waals surface area contributed by atoms with Gasteiger partial charge >= 0.3 is 23.9 Å². The van der Waals surface area contributed by atoms with Crippen LogP contribution in [0.1, 0.15) is 187 Å². The first-order chi connectivity index (χ1) is 22.1. The van der Waals surface area contributed by atoms with Crippen LogP contribution >= 0.6 is 0 Å². The van der Waals surface area contributed by atoms with Crippen molar-refractivity contribution in [3.8, 4) is 0 Å². The molecule has 0 unspecified atom stereocenters. The number of aliphatic carboxylic acids is 3. The first-order valence-corrected chi connectivity index (χ1v) is 18.9. The summed E-state index contributed by atoms with van der Waals surface area (Å²) >= 11 is 0. The Labute approximate surface area is 277 Å². The molecule has 0 aromatic carbocycles. The molecule has 0 aromatic rings. The molecule has 264 valence electrons. The summed E-state index contributed by atoms with van der Waals surface area (Å²) in [5.74, 6) is -1.75. The monoisotopic (exact) mass is 648 g/mol. The summed E-state index contributed by atoms with van der Waals surface area (Å²) in [5, 5.41) is 27.3. The number of carbonyl (C=O) groups excluding carboxylic acids is 1. The minimum Gasteiger partial charge on any atom is -0.481 e. The van der Waals surface area contributed by atoms with Crippen LogP contribution in [0.5, 0.6) is 0 Å². The van der Waals surface area contributed by atoms with Crippen molar-refractivity contribution in [3.05, 3.63) is 0 Å². The lowest BCUT2D eigenvalue weighted by molar-refractivity contribution is -0.150. The van der Waals surface area contributed by atoms with E-state index < -0.39 is 17.9 Å². The normalized spacial score (nSPS) is 20.1. The maximum atomic E-state index is 11.9. The van der Waals surface area contributed by atoms with E-state index >= 15 is 0 Å². The first kappa shape index (κ1) is 38.3. The minimum absolute atomic E-state index is 0.0276. The SMILES string of the molecule is CCOC(=O)C1(CCCCCCCCCCC2(C(=O)O)CC2)CC1.O=C(O)C1(CCCCCCCCCCC2(C(=O)O)CC2)CC1. The van der Waals surface area contributed by atoms with Crippen molar-refractivity contribution in [3.63, 3.8) is 0 Å². The zero-order valence-electron chi connectivity index (χ0n) is 28.9. The van der Waals surface area contributed by atoms with E-state index in [0.717, 1.165) is 116 Å². The highest BCUT2D eigenvalue weighted by Crippen LogP contribution is 2.52. The van der Waals surface area contributed by atoms with Gasteiger partial charge < -0.3 is 20.1 Å². The standard InChI is InChI=1S/C20H34O4.C18H30O4/c1-2-24-18(23)20(15-16-20)12-10-8-6-4-3-5-7-9-11-19(13-14-19)17(21)22;19-15(20)17(11-12-17)9-7-5-3-1-2-4-6-8-10-18(13-14-18)16(21)22/h2-16H2,1H3,(H,21,22);1-14H2,(H,19,20)(H,21,22). The van der Waals surface area contributed by atoms with Gasteiger partial charge in [0.25, 0.3) is 0 Å². The molecule has 0 aromatic heterocycles. The Kier molecular flexibility index (Phi) is 15.4. The molecule has 0 radical (unpaired) electrons. The van der Waals surface area contributed by atoms with Crippen molar-refractivity contribution in [2.75, 3.05) is 6.61 Å². The highest BCUT2D eigenvalue weighted by molar-refractivity contribution is 5.80. The smallest absolute Gasteiger partial charge is 0.312 e. The second kappa shape index (κ2) is 18.4. The third-order valence-electron chi connectivity index (χ3n) is 11.6. The van der Waals surface area contributed by atoms with Crippen LogP contribution in [-0.2, 0) is 23.9 Å². The summed E-state index contributed by atoms with van der Waals surface area (Å²) in [6, 6.07) is 0. The Hall–Kier alpha value is -2.12. The van der Waals surface area contributed by atoms with E-state index in [9.17, 15) is 19.2 Å². The van der Waals surface area contributed by atoms with Crippen molar-refractivity contribution in [2.45, 2.75) is 187 Å². The number of hydrogen-bond acceptors (Lipinski definition) is 5. The summed E-state index contributed by atoms with van der Waals surface area (Å²) in [7, 11) is 0. The van der Waals surface area contributed by atoms with E-state index in [-0.39, 0.29) is 27.6 Å². The predicted molar refractivity (Wildman–Crippen MR) is 179 cm³/mol. The van der Waals surface area contributed by atoms with E-state index in [0.29, 0.717) is 6.61 Å². The first-order valence-electron chi connectivity index (χ1n) is 18.9. The van der Waals surface area contributed by atoms with Crippen molar-refractivity contribution >= 4 is 23.9 Å². The average Bonchev–Trinajstić information content (AvgIpc) is 3.85. The van der Waals surface area contributed by atoms with Gasteiger partial charge in [0, 0.05) is 0 Å². The molecule has 0 heterocycles. The van der Waals surface area contributed by atoms with Crippen LogP contribution in [0.15, 0.2) is 0 Å². The zero-order valence-corrected chi connectivity index (χ0v) is 28.9. The van der Waals surface area contributed by atoms with Crippen LogP contribution < -0.4 is 0 Å². The van der Waals surface area contributed by atoms with Crippen molar-refractivity contribution in [2.24, 2.45) is 21.7 Å². The second-order valence-corrected chi connectivity index (χ2v) is 15.4. The molecule has 4 rings (SSSR count). The number of esters is 1. The molecule has 3 N–H and O–H groups in total. The van der Waals surface area contributed by atoms with Crippen LogP contribution in [-0.4, -0.2) is 45.8 Å². The third-order valence-corrected chi connectivity index (χ3v) is 11.6. The highest BCUT2D eigenvalue weighted by atomic mass is 16.5. The summed E-state index contributed by atoms with van der Waals surface area (Å²) in [6.07, 6.45) is 29.7.